The summed E-state index contributed by atoms with van der Waals surface area (Å²) in [6.07, 6.45) is 3.97. The van der Waals surface area contributed by atoms with Gasteiger partial charge in [-0.05, 0) is 38.1 Å². The summed E-state index contributed by atoms with van der Waals surface area (Å²) in [7, 11) is 0. The van der Waals surface area contributed by atoms with Gasteiger partial charge in [-0.1, -0.05) is 12.1 Å². The fourth-order valence-corrected chi connectivity index (χ4v) is 2.03. The molecule has 0 aliphatic carbocycles. The van der Waals surface area contributed by atoms with Gasteiger partial charge in [-0.2, -0.15) is 0 Å². The Morgan fingerprint density at radius 2 is 1.85 bits per heavy atom. The van der Waals surface area contributed by atoms with Gasteiger partial charge in [-0.15, -0.1) is 0 Å². The highest BCUT2D eigenvalue weighted by atomic mass is 16.1. The molecular weight excluding hydrogens is 250 g/mol. The molecule has 4 nitrogen and oxygen atoms in total. The van der Waals surface area contributed by atoms with Crippen LogP contribution in [0.25, 0.3) is 0 Å². The van der Waals surface area contributed by atoms with Crippen LogP contribution in [0.1, 0.15) is 24.2 Å². The van der Waals surface area contributed by atoms with E-state index in [9.17, 15) is 4.79 Å². The van der Waals surface area contributed by atoms with Crippen LogP contribution in [0, 0.1) is 0 Å². The molecule has 0 atom stereocenters. The van der Waals surface area contributed by atoms with Crippen LogP contribution in [0.3, 0.4) is 0 Å². The maximum atomic E-state index is 12.2. The molecule has 0 fully saturated rings. The second-order valence-electron chi connectivity index (χ2n) is 5.02. The van der Waals surface area contributed by atoms with Crippen LogP contribution >= 0.6 is 0 Å². The first-order valence-corrected chi connectivity index (χ1v) is 6.91. The standard InChI is InChI=1S/C16H21N3O/c1-13(2)18-15-8-4-3-7-14(15)16(20)17-9-12-19-10-5-6-11-19/h3-8,10-11,13,18H,9,12H2,1-2H3,(H,17,20). The number of amides is 1. The van der Waals surface area contributed by atoms with E-state index in [1.807, 2.05) is 53.4 Å². The number of rotatable bonds is 6. The van der Waals surface area contributed by atoms with E-state index in [2.05, 4.69) is 24.5 Å². The van der Waals surface area contributed by atoms with Gasteiger partial charge in [0.25, 0.3) is 5.91 Å². The Morgan fingerprint density at radius 3 is 2.55 bits per heavy atom. The van der Waals surface area contributed by atoms with Crippen LogP contribution < -0.4 is 10.6 Å². The maximum absolute atomic E-state index is 12.2. The van der Waals surface area contributed by atoms with Crippen LogP contribution in [0.2, 0.25) is 0 Å². The molecule has 0 aliphatic rings. The van der Waals surface area contributed by atoms with Gasteiger partial charge in [0.15, 0.2) is 0 Å². The molecule has 0 saturated heterocycles. The lowest BCUT2D eigenvalue weighted by Crippen LogP contribution is -2.28. The number of aromatic nitrogens is 1. The number of hydrogen-bond donors (Lipinski definition) is 2. The average molecular weight is 271 g/mol. The van der Waals surface area contributed by atoms with Crippen molar-refractivity contribution in [3.63, 3.8) is 0 Å². The zero-order valence-electron chi connectivity index (χ0n) is 12.0. The summed E-state index contributed by atoms with van der Waals surface area (Å²) in [5, 5.41) is 6.24. The molecule has 2 aromatic rings. The van der Waals surface area contributed by atoms with E-state index in [4.69, 9.17) is 0 Å². The van der Waals surface area contributed by atoms with Crippen molar-refractivity contribution in [1.29, 1.82) is 0 Å². The van der Waals surface area contributed by atoms with Crippen molar-refractivity contribution in [2.75, 3.05) is 11.9 Å². The van der Waals surface area contributed by atoms with Gasteiger partial charge in [-0.3, -0.25) is 4.79 Å². The third-order valence-electron chi connectivity index (χ3n) is 2.94. The maximum Gasteiger partial charge on any atom is 0.253 e. The van der Waals surface area contributed by atoms with Gasteiger partial charge in [0.2, 0.25) is 0 Å². The summed E-state index contributed by atoms with van der Waals surface area (Å²) < 4.78 is 2.04. The molecular formula is C16H21N3O. The van der Waals surface area contributed by atoms with Crippen molar-refractivity contribution in [3.05, 3.63) is 54.4 Å². The van der Waals surface area contributed by atoms with Gasteiger partial charge in [-0.25, -0.2) is 0 Å². The van der Waals surface area contributed by atoms with Crippen molar-refractivity contribution in [2.24, 2.45) is 0 Å². The van der Waals surface area contributed by atoms with Gasteiger partial charge >= 0.3 is 0 Å². The van der Waals surface area contributed by atoms with Crippen molar-refractivity contribution in [1.82, 2.24) is 9.88 Å². The first kappa shape index (κ1) is 14.2. The molecule has 1 aromatic carbocycles. The quantitative estimate of drug-likeness (QED) is 0.848. The zero-order chi connectivity index (χ0) is 14.4. The summed E-state index contributed by atoms with van der Waals surface area (Å²) in [6.45, 7) is 5.50. The van der Waals surface area contributed by atoms with Crippen molar-refractivity contribution < 1.29 is 4.79 Å². The van der Waals surface area contributed by atoms with Gasteiger partial charge in [0, 0.05) is 37.2 Å². The van der Waals surface area contributed by atoms with Gasteiger partial charge in [0.05, 0.1) is 5.56 Å². The highest BCUT2D eigenvalue weighted by molar-refractivity contribution is 5.99. The minimum absolute atomic E-state index is 0.0408. The van der Waals surface area contributed by atoms with Crippen molar-refractivity contribution >= 4 is 11.6 Å². The number of carbonyl (C=O) groups is 1. The summed E-state index contributed by atoms with van der Waals surface area (Å²) in [5.41, 5.74) is 1.56. The van der Waals surface area contributed by atoms with Crippen LogP contribution in [-0.4, -0.2) is 23.1 Å². The molecule has 20 heavy (non-hydrogen) atoms. The van der Waals surface area contributed by atoms with E-state index < -0.39 is 0 Å². The number of carbonyl (C=O) groups excluding carboxylic acids is 1. The Balaban J connectivity index is 1.94. The smallest absolute Gasteiger partial charge is 0.253 e. The molecule has 0 spiro atoms. The minimum atomic E-state index is -0.0408. The highest BCUT2D eigenvalue weighted by Gasteiger charge is 2.10. The summed E-state index contributed by atoms with van der Waals surface area (Å²) in [5.74, 6) is -0.0408. The predicted octanol–water partition coefficient (Wildman–Crippen LogP) is 2.74. The zero-order valence-corrected chi connectivity index (χ0v) is 12.0. The molecule has 0 bridgehead atoms. The van der Waals surface area contributed by atoms with E-state index >= 15 is 0 Å². The van der Waals surface area contributed by atoms with E-state index in [-0.39, 0.29) is 5.91 Å². The van der Waals surface area contributed by atoms with E-state index in [0.29, 0.717) is 18.2 Å². The van der Waals surface area contributed by atoms with Gasteiger partial charge in [0.1, 0.15) is 0 Å². The van der Waals surface area contributed by atoms with Crippen molar-refractivity contribution in [3.8, 4) is 0 Å². The summed E-state index contributed by atoms with van der Waals surface area (Å²) in [4.78, 5) is 12.2. The highest BCUT2D eigenvalue weighted by Crippen LogP contribution is 2.15. The monoisotopic (exact) mass is 271 g/mol. The first-order valence-electron chi connectivity index (χ1n) is 6.91. The number of anilines is 1. The Labute approximate surface area is 119 Å². The SMILES string of the molecule is CC(C)Nc1ccccc1C(=O)NCCn1cccc1. The molecule has 1 aromatic heterocycles. The normalized spacial score (nSPS) is 10.6. The molecule has 2 N–H and O–H groups in total. The third-order valence-corrected chi connectivity index (χ3v) is 2.94. The number of benzene rings is 1. The second-order valence-corrected chi connectivity index (χ2v) is 5.02. The molecule has 0 radical (unpaired) electrons. The van der Waals surface area contributed by atoms with Gasteiger partial charge < -0.3 is 15.2 Å². The Kier molecular flexibility index (Phi) is 4.82. The molecule has 1 heterocycles. The Bertz CT molecular complexity index is 547. The number of nitrogens with zero attached hydrogens (tertiary/aromatic N) is 1. The fourth-order valence-electron chi connectivity index (χ4n) is 2.03. The largest absolute Gasteiger partial charge is 0.382 e. The third kappa shape index (κ3) is 3.88. The number of hydrogen-bond acceptors (Lipinski definition) is 2. The average Bonchev–Trinajstić information content (AvgIpc) is 2.91. The van der Waals surface area contributed by atoms with Crippen LogP contribution in [0.15, 0.2) is 48.8 Å². The Morgan fingerprint density at radius 1 is 1.15 bits per heavy atom. The molecule has 106 valence electrons. The Hall–Kier alpha value is -2.23. The van der Waals surface area contributed by atoms with E-state index in [1.165, 1.54) is 0 Å². The van der Waals surface area contributed by atoms with Crippen LogP contribution in [0.4, 0.5) is 5.69 Å². The van der Waals surface area contributed by atoms with E-state index in [1.54, 1.807) is 0 Å². The molecule has 2 rings (SSSR count). The molecule has 0 saturated carbocycles. The summed E-state index contributed by atoms with van der Waals surface area (Å²) >= 11 is 0. The molecule has 1 amide bonds. The fraction of sp³-hybridized carbons (Fsp3) is 0.312. The molecule has 0 unspecified atom stereocenters. The topological polar surface area (TPSA) is 46.1 Å². The summed E-state index contributed by atoms with van der Waals surface area (Å²) in [6, 6.07) is 11.8. The number of nitrogens with one attached hydrogen (secondary N) is 2. The lowest BCUT2D eigenvalue weighted by Gasteiger charge is -2.14. The second kappa shape index (κ2) is 6.80. The predicted molar refractivity (Wildman–Crippen MR) is 82.0 cm³/mol. The molecule has 0 aliphatic heterocycles. The van der Waals surface area contributed by atoms with Crippen LogP contribution in [0.5, 0.6) is 0 Å². The van der Waals surface area contributed by atoms with Crippen molar-refractivity contribution in [2.45, 2.75) is 26.4 Å². The lowest BCUT2D eigenvalue weighted by atomic mass is 10.1. The first-order chi connectivity index (χ1) is 9.66. The minimum Gasteiger partial charge on any atom is -0.382 e. The lowest BCUT2D eigenvalue weighted by molar-refractivity contribution is 0.0953. The van der Waals surface area contributed by atoms with E-state index in [0.717, 1.165) is 12.2 Å². The van der Waals surface area contributed by atoms with Crippen LogP contribution in [-0.2, 0) is 6.54 Å². The number of para-hydroxylation sites is 1. The molecule has 4 heteroatoms.